The lowest BCUT2D eigenvalue weighted by Gasteiger charge is -2.15. The molecule has 0 spiro atoms. The highest BCUT2D eigenvalue weighted by atomic mass is 35.5. The molecule has 0 unspecified atom stereocenters. The molecule has 0 aromatic heterocycles. The van der Waals surface area contributed by atoms with Gasteiger partial charge in [0.05, 0.1) is 35.2 Å². The van der Waals surface area contributed by atoms with E-state index in [1.165, 1.54) is 19.2 Å². The SMILES string of the molecule is CCOc1cc(C=C2SC(=O)N(CCOC)C2=O)cc(Cl)c1OCc1cccc(C(=O)O)c1. The number of hydrogen-bond donors (Lipinski definition) is 1. The first-order valence-corrected chi connectivity index (χ1v) is 11.2. The van der Waals surface area contributed by atoms with Crippen molar-refractivity contribution in [1.82, 2.24) is 4.90 Å². The Morgan fingerprint density at radius 3 is 2.70 bits per heavy atom. The van der Waals surface area contributed by atoms with Crippen LogP contribution in [0.15, 0.2) is 41.3 Å². The van der Waals surface area contributed by atoms with Crippen molar-refractivity contribution in [3.8, 4) is 11.5 Å². The normalized spacial score (nSPS) is 14.8. The van der Waals surface area contributed by atoms with Crippen molar-refractivity contribution >= 4 is 46.6 Å². The molecule has 0 saturated carbocycles. The molecule has 2 aromatic rings. The number of ether oxygens (including phenoxy) is 3. The van der Waals surface area contributed by atoms with Crippen molar-refractivity contribution in [3.63, 3.8) is 0 Å². The van der Waals surface area contributed by atoms with E-state index in [-0.39, 0.29) is 40.5 Å². The van der Waals surface area contributed by atoms with Gasteiger partial charge in [0.1, 0.15) is 6.61 Å². The maximum atomic E-state index is 12.6. The molecule has 1 aliphatic heterocycles. The van der Waals surface area contributed by atoms with Gasteiger partial charge in [0.25, 0.3) is 11.1 Å². The van der Waals surface area contributed by atoms with Crippen molar-refractivity contribution < 1.29 is 33.7 Å². The topological polar surface area (TPSA) is 102 Å². The number of amides is 2. The van der Waals surface area contributed by atoms with Gasteiger partial charge in [-0.25, -0.2) is 4.79 Å². The van der Waals surface area contributed by atoms with Crippen LogP contribution >= 0.6 is 23.4 Å². The van der Waals surface area contributed by atoms with Crippen LogP contribution in [-0.2, 0) is 16.1 Å². The highest BCUT2D eigenvalue weighted by Gasteiger charge is 2.34. The summed E-state index contributed by atoms with van der Waals surface area (Å²) in [5.74, 6) is -0.760. The number of nitrogens with zero attached hydrogens (tertiary/aromatic N) is 1. The van der Waals surface area contributed by atoms with E-state index in [0.29, 0.717) is 29.2 Å². The van der Waals surface area contributed by atoms with Crippen LogP contribution in [0, 0.1) is 0 Å². The zero-order valence-electron chi connectivity index (χ0n) is 18.0. The largest absolute Gasteiger partial charge is 0.490 e. The predicted octanol–water partition coefficient (Wildman–Crippen LogP) is 4.70. The van der Waals surface area contributed by atoms with Gasteiger partial charge in [0.15, 0.2) is 11.5 Å². The molecule has 10 heteroatoms. The number of thioether (sulfide) groups is 1. The summed E-state index contributed by atoms with van der Waals surface area (Å²) in [6, 6.07) is 9.67. The molecule has 1 N–H and O–H groups in total. The van der Waals surface area contributed by atoms with E-state index in [1.54, 1.807) is 30.3 Å². The summed E-state index contributed by atoms with van der Waals surface area (Å²) in [7, 11) is 1.50. The molecular weight excluding hydrogens is 470 g/mol. The van der Waals surface area contributed by atoms with E-state index < -0.39 is 11.9 Å². The van der Waals surface area contributed by atoms with Crippen molar-refractivity contribution in [3.05, 3.63) is 63.0 Å². The predicted molar refractivity (Wildman–Crippen MR) is 125 cm³/mol. The number of aromatic carboxylic acids is 1. The second-order valence-corrected chi connectivity index (χ2v) is 8.28. The van der Waals surface area contributed by atoms with Gasteiger partial charge < -0.3 is 19.3 Å². The molecule has 8 nitrogen and oxygen atoms in total. The van der Waals surface area contributed by atoms with Crippen LogP contribution in [0.3, 0.4) is 0 Å². The molecule has 3 rings (SSSR count). The molecule has 1 fully saturated rings. The van der Waals surface area contributed by atoms with Crippen LogP contribution in [0.5, 0.6) is 11.5 Å². The van der Waals surface area contributed by atoms with E-state index in [2.05, 4.69) is 0 Å². The fourth-order valence-corrected chi connectivity index (χ4v) is 4.19. The zero-order chi connectivity index (χ0) is 24.0. The summed E-state index contributed by atoms with van der Waals surface area (Å²) in [6.07, 6.45) is 1.58. The lowest BCUT2D eigenvalue weighted by atomic mass is 10.1. The van der Waals surface area contributed by atoms with Gasteiger partial charge in [-0.3, -0.25) is 14.5 Å². The molecule has 33 heavy (non-hydrogen) atoms. The second-order valence-electron chi connectivity index (χ2n) is 6.88. The van der Waals surface area contributed by atoms with Gasteiger partial charge >= 0.3 is 5.97 Å². The van der Waals surface area contributed by atoms with Gasteiger partial charge in [0.2, 0.25) is 0 Å². The Labute approximate surface area is 200 Å². The number of hydrogen-bond acceptors (Lipinski definition) is 7. The van der Waals surface area contributed by atoms with E-state index in [4.69, 9.17) is 30.9 Å². The molecule has 1 heterocycles. The number of carboxylic acid groups (broad SMARTS) is 1. The van der Waals surface area contributed by atoms with E-state index in [1.807, 2.05) is 6.92 Å². The summed E-state index contributed by atoms with van der Waals surface area (Å²) >= 11 is 7.30. The molecule has 174 valence electrons. The van der Waals surface area contributed by atoms with E-state index in [0.717, 1.165) is 16.7 Å². The molecule has 0 radical (unpaired) electrons. The van der Waals surface area contributed by atoms with Gasteiger partial charge in [-0.1, -0.05) is 23.7 Å². The number of rotatable bonds is 10. The zero-order valence-corrected chi connectivity index (χ0v) is 19.6. The van der Waals surface area contributed by atoms with Gasteiger partial charge in [-0.15, -0.1) is 0 Å². The molecule has 1 saturated heterocycles. The lowest BCUT2D eigenvalue weighted by Crippen LogP contribution is -2.31. The highest BCUT2D eigenvalue weighted by Crippen LogP contribution is 2.39. The van der Waals surface area contributed by atoms with Gasteiger partial charge in [-0.05, 0) is 60.2 Å². The Morgan fingerprint density at radius 1 is 1.21 bits per heavy atom. The number of carbonyl (C=O) groups excluding carboxylic acids is 2. The minimum absolute atomic E-state index is 0.0820. The first-order valence-electron chi connectivity index (χ1n) is 9.99. The number of benzene rings is 2. The van der Waals surface area contributed by atoms with Crippen LogP contribution in [0.2, 0.25) is 5.02 Å². The summed E-state index contributed by atoms with van der Waals surface area (Å²) in [5.41, 5.74) is 1.38. The first-order chi connectivity index (χ1) is 15.8. The Bertz CT molecular complexity index is 1100. The summed E-state index contributed by atoms with van der Waals surface area (Å²) in [6.45, 7) is 2.67. The molecule has 2 amide bonds. The maximum Gasteiger partial charge on any atom is 0.335 e. The van der Waals surface area contributed by atoms with Crippen LogP contribution in [0.25, 0.3) is 6.08 Å². The Morgan fingerprint density at radius 2 is 2.00 bits per heavy atom. The first kappa shape index (κ1) is 24.6. The van der Waals surface area contributed by atoms with Crippen molar-refractivity contribution in [2.45, 2.75) is 13.5 Å². The number of carboxylic acids is 1. The molecule has 1 aliphatic rings. The highest BCUT2D eigenvalue weighted by molar-refractivity contribution is 8.18. The standard InChI is InChI=1S/C23H22ClNO7S/c1-3-31-18-11-15(12-19-21(26)25(7-8-30-2)23(29)33-19)10-17(24)20(18)32-13-14-5-4-6-16(9-14)22(27)28/h4-6,9-12H,3,7-8,13H2,1-2H3,(H,27,28). The van der Waals surface area contributed by atoms with Crippen molar-refractivity contribution in [2.75, 3.05) is 26.9 Å². The second kappa shape index (κ2) is 11.2. The molecule has 2 aromatic carbocycles. The van der Waals surface area contributed by atoms with Crippen molar-refractivity contribution in [2.24, 2.45) is 0 Å². The van der Waals surface area contributed by atoms with Crippen LogP contribution in [0.4, 0.5) is 4.79 Å². The summed E-state index contributed by atoms with van der Waals surface area (Å²) < 4.78 is 16.5. The third-order valence-electron chi connectivity index (χ3n) is 4.58. The number of carbonyl (C=O) groups is 3. The number of halogens is 1. The quantitative estimate of drug-likeness (QED) is 0.477. The Kier molecular flexibility index (Phi) is 8.37. The number of methoxy groups -OCH3 is 1. The van der Waals surface area contributed by atoms with E-state index in [9.17, 15) is 14.4 Å². The molecular formula is C23H22ClNO7S. The Hall–Kier alpha value is -3.01. The van der Waals surface area contributed by atoms with Gasteiger partial charge in [0, 0.05) is 7.11 Å². The maximum absolute atomic E-state index is 12.6. The minimum atomic E-state index is -1.03. The van der Waals surface area contributed by atoms with Crippen molar-refractivity contribution in [1.29, 1.82) is 0 Å². The number of imide groups is 1. The molecule has 0 atom stereocenters. The monoisotopic (exact) mass is 491 g/mol. The van der Waals surface area contributed by atoms with Crippen LogP contribution in [0.1, 0.15) is 28.4 Å². The lowest BCUT2D eigenvalue weighted by molar-refractivity contribution is -0.123. The average molecular weight is 492 g/mol. The Balaban J connectivity index is 1.83. The summed E-state index contributed by atoms with van der Waals surface area (Å²) in [4.78, 5) is 37.3. The fraction of sp³-hybridized carbons (Fsp3) is 0.261. The molecule has 0 bridgehead atoms. The smallest absolute Gasteiger partial charge is 0.335 e. The third kappa shape index (κ3) is 6.07. The summed E-state index contributed by atoms with van der Waals surface area (Å²) in [5, 5.41) is 9.04. The average Bonchev–Trinajstić information content (AvgIpc) is 3.04. The third-order valence-corrected chi connectivity index (χ3v) is 5.77. The van der Waals surface area contributed by atoms with Gasteiger partial charge in [-0.2, -0.15) is 0 Å². The van der Waals surface area contributed by atoms with Crippen LogP contribution in [-0.4, -0.2) is 54.0 Å². The van der Waals surface area contributed by atoms with E-state index >= 15 is 0 Å². The van der Waals surface area contributed by atoms with Crippen LogP contribution < -0.4 is 9.47 Å². The minimum Gasteiger partial charge on any atom is -0.490 e. The molecule has 0 aliphatic carbocycles. The fourth-order valence-electron chi connectivity index (χ4n) is 3.05.